The monoisotopic (exact) mass is 434 g/mol. The van der Waals surface area contributed by atoms with Crippen molar-refractivity contribution in [3.05, 3.63) is 0 Å². The van der Waals surface area contributed by atoms with E-state index >= 15 is 0 Å². The van der Waals surface area contributed by atoms with Crippen LogP contribution in [-0.2, 0) is 9.59 Å². The molecule has 0 aromatic carbocycles. The predicted octanol–water partition coefficient (Wildman–Crippen LogP) is -5.69. The van der Waals surface area contributed by atoms with Gasteiger partial charge in [0, 0.05) is 0 Å². The zero-order valence-corrected chi connectivity index (χ0v) is 16.2. The molecule has 0 rings (SSSR count). The van der Waals surface area contributed by atoms with Crippen LogP contribution < -0.4 is 69.3 Å². The van der Waals surface area contributed by atoms with Gasteiger partial charge in [0.2, 0.25) is 0 Å². The summed E-state index contributed by atoms with van der Waals surface area (Å²) < 4.78 is 150. The molecule has 0 unspecified atom stereocenters. The van der Waals surface area contributed by atoms with Gasteiger partial charge in [-0.25, -0.2) is 4.39 Å². The molecular formula is C8F12Na2O4. The van der Waals surface area contributed by atoms with Gasteiger partial charge in [-0.05, 0) is 0 Å². The molecule has 0 radical (unpaired) electrons. The molecule has 0 bridgehead atoms. The fraction of sp³-hybridized carbons (Fsp3) is 0.750. The smallest absolute Gasteiger partial charge is 0.546 e. The minimum absolute atomic E-state index is 0. The molecule has 0 aromatic rings. The van der Waals surface area contributed by atoms with Gasteiger partial charge in [0.05, 0.1) is 11.9 Å². The number of carbonyl (C=O) groups excluding carboxylic acids is 2. The first-order chi connectivity index (χ1) is 10.1. The maximum Gasteiger partial charge on any atom is 1.00 e. The van der Waals surface area contributed by atoms with Crippen molar-refractivity contribution in [3.8, 4) is 0 Å². The standard InChI is InChI=1S/C8H2F12O4.2Na/c9-3(1(21)22,2(23)24)4(10,11)5(12,13)6(14,15)7(16,17)8(18,19)20;;/h(H,21,22)(H,23,24);;/q;2*+1/p-2. The molecular weight excluding hydrogens is 434 g/mol. The molecule has 0 saturated carbocycles. The van der Waals surface area contributed by atoms with Crippen LogP contribution in [0.4, 0.5) is 52.7 Å². The second-order valence-corrected chi connectivity index (χ2v) is 4.03. The number of halogens is 12. The molecule has 4 nitrogen and oxygen atoms in total. The molecule has 0 N–H and O–H groups in total. The van der Waals surface area contributed by atoms with Gasteiger partial charge in [-0.3, -0.25) is 0 Å². The van der Waals surface area contributed by atoms with Gasteiger partial charge in [0.1, 0.15) is 0 Å². The number of carboxylic acid groups (broad SMARTS) is 2. The van der Waals surface area contributed by atoms with Gasteiger partial charge in [-0.1, -0.05) is 0 Å². The Hall–Kier alpha value is 0.1000. The van der Waals surface area contributed by atoms with Crippen LogP contribution >= 0.6 is 0 Å². The van der Waals surface area contributed by atoms with E-state index in [-0.39, 0.29) is 59.1 Å². The first-order valence-corrected chi connectivity index (χ1v) is 4.83. The summed E-state index contributed by atoms with van der Waals surface area (Å²) in [7, 11) is 0. The van der Waals surface area contributed by atoms with Gasteiger partial charge in [-0.2, -0.15) is 48.3 Å². The zero-order valence-electron chi connectivity index (χ0n) is 12.2. The molecule has 0 heterocycles. The Morgan fingerprint density at radius 2 is 0.731 bits per heavy atom. The SMILES string of the molecule is O=C([O-])C(F)(C(=O)[O-])C(F)(F)C(F)(F)C(F)(F)C(F)(F)C(F)(F)F.[Na+].[Na+]. The number of alkyl halides is 12. The van der Waals surface area contributed by atoms with Crippen molar-refractivity contribution in [2.24, 2.45) is 0 Å². The minimum Gasteiger partial charge on any atom is -0.546 e. The molecule has 0 aliphatic rings. The van der Waals surface area contributed by atoms with Gasteiger partial charge in [0.25, 0.3) is 5.67 Å². The van der Waals surface area contributed by atoms with Crippen molar-refractivity contribution in [3.63, 3.8) is 0 Å². The van der Waals surface area contributed by atoms with Gasteiger partial charge >= 0.3 is 89.0 Å². The summed E-state index contributed by atoms with van der Waals surface area (Å²) in [5.74, 6) is -40.9. The van der Waals surface area contributed by atoms with Crippen LogP contribution in [0.15, 0.2) is 0 Å². The van der Waals surface area contributed by atoms with E-state index in [9.17, 15) is 72.5 Å². The summed E-state index contributed by atoms with van der Waals surface area (Å²) in [4.78, 5) is 19.9. The molecule has 0 spiro atoms. The molecule has 0 atom stereocenters. The Balaban J connectivity index is -0.00000264. The topological polar surface area (TPSA) is 80.3 Å². The Kier molecular flexibility index (Phi) is 9.75. The Morgan fingerprint density at radius 3 is 0.923 bits per heavy atom. The molecule has 0 aliphatic heterocycles. The van der Waals surface area contributed by atoms with Crippen LogP contribution in [0.1, 0.15) is 0 Å². The third-order valence-electron chi connectivity index (χ3n) is 2.53. The van der Waals surface area contributed by atoms with Crippen LogP contribution in [-0.4, -0.2) is 47.5 Å². The van der Waals surface area contributed by atoms with E-state index in [4.69, 9.17) is 0 Å². The minimum atomic E-state index is -8.18. The molecule has 0 saturated heterocycles. The van der Waals surface area contributed by atoms with E-state index in [1.54, 1.807) is 0 Å². The number of rotatable bonds is 6. The predicted molar refractivity (Wildman–Crippen MR) is 39.7 cm³/mol. The van der Waals surface area contributed by atoms with Crippen molar-refractivity contribution in [2.45, 2.75) is 35.5 Å². The average molecular weight is 434 g/mol. The summed E-state index contributed by atoms with van der Waals surface area (Å²) in [6.45, 7) is 0. The number of aliphatic carboxylic acids is 2. The first kappa shape index (κ1) is 30.8. The van der Waals surface area contributed by atoms with Crippen LogP contribution in [0.25, 0.3) is 0 Å². The van der Waals surface area contributed by atoms with Crippen molar-refractivity contribution >= 4 is 11.9 Å². The Bertz CT molecular complexity index is 532. The number of hydrogen-bond donors (Lipinski definition) is 0. The fourth-order valence-corrected chi connectivity index (χ4v) is 1.13. The van der Waals surface area contributed by atoms with E-state index in [2.05, 4.69) is 0 Å². The normalized spacial score (nSPS) is 14.2. The van der Waals surface area contributed by atoms with E-state index in [0.29, 0.717) is 0 Å². The van der Waals surface area contributed by atoms with E-state index in [1.807, 2.05) is 0 Å². The van der Waals surface area contributed by atoms with Gasteiger partial charge < -0.3 is 19.8 Å². The maximum atomic E-state index is 13.1. The van der Waals surface area contributed by atoms with Gasteiger partial charge in [0.15, 0.2) is 0 Å². The molecule has 18 heteroatoms. The number of hydrogen-bond acceptors (Lipinski definition) is 4. The van der Waals surface area contributed by atoms with Crippen molar-refractivity contribution < 1.29 is 132 Å². The van der Waals surface area contributed by atoms with E-state index in [1.165, 1.54) is 0 Å². The average Bonchev–Trinajstić information content (AvgIpc) is 2.34. The van der Waals surface area contributed by atoms with Crippen molar-refractivity contribution in [2.75, 3.05) is 0 Å². The van der Waals surface area contributed by atoms with Gasteiger partial charge in [-0.15, -0.1) is 0 Å². The summed E-state index contributed by atoms with van der Waals surface area (Å²) in [6, 6.07) is 0. The van der Waals surface area contributed by atoms with Crippen LogP contribution in [0.2, 0.25) is 0 Å². The molecule has 0 aromatic heterocycles. The fourth-order valence-electron chi connectivity index (χ4n) is 1.13. The van der Waals surface area contributed by atoms with E-state index in [0.717, 1.165) is 0 Å². The third kappa shape index (κ3) is 3.94. The summed E-state index contributed by atoms with van der Waals surface area (Å²) in [5, 5.41) is 19.9. The van der Waals surface area contributed by atoms with E-state index < -0.39 is 47.5 Å². The molecule has 0 amide bonds. The number of carboxylic acids is 2. The quantitative estimate of drug-likeness (QED) is 0.237. The van der Waals surface area contributed by atoms with Crippen LogP contribution in [0, 0.1) is 0 Å². The molecule has 0 aliphatic carbocycles. The Morgan fingerprint density at radius 1 is 0.500 bits per heavy atom. The molecule has 0 fully saturated rings. The first-order valence-electron chi connectivity index (χ1n) is 4.83. The van der Waals surface area contributed by atoms with Crippen molar-refractivity contribution in [1.82, 2.24) is 0 Å². The van der Waals surface area contributed by atoms with Crippen LogP contribution in [0.3, 0.4) is 0 Å². The largest absolute Gasteiger partial charge is 1.00 e. The van der Waals surface area contributed by atoms with Crippen molar-refractivity contribution in [1.29, 1.82) is 0 Å². The summed E-state index contributed by atoms with van der Waals surface area (Å²) in [6.07, 6.45) is -7.59. The molecule has 142 valence electrons. The zero-order chi connectivity index (χ0) is 20.2. The second-order valence-electron chi connectivity index (χ2n) is 4.03. The second kappa shape index (κ2) is 8.23. The third-order valence-corrected chi connectivity index (χ3v) is 2.53. The number of carbonyl (C=O) groups is 2. The summed E-state index contributed by atoms with van der Waals surface area (Å²) >= 11 is 0. The summed E-state index contributed by atoms with van der Waals surface area (Å²) in [5.41, 5.74) is -6.87. The van der Waals surface area contributed by atoms with Crippen LogP contribution in [0.5, 0.6) is 0 Å². The maximum absolute atomic E-state index is 13.1. The Labute approximate surface area is 178 Å². The molecule has 26 heavy (non-hydrogen) atoms.